The van der Waals surface area contributed by atoms with Crippen molar-refractivity contribution in [2.45, 2.75) is 0 Å². The highest BCUT2D eigenvalue weighted by Crippen LogP contribution is 2.18. The highest BCUT2D eigenvalue weighted by molar-refractivity contribution is 5.61. The van der Waals surface area contributed by atoms with E-state index in [0.29, 0.717) is 17.5 Å². The van der Waals surface area contributed by atoms with Crippen molar-refractivity contribution in [1.82, 2.24) is 9.97 Å². The fourth-order valence-electron chi connectivity index (χ4n) is 1.36. The van der Waals surface area contributed by atoms with Gasteiger partial charge in [0, 0.05) is 17.2 Å². The first-order valence-electron chi connectivity index (χ1n) is 4.66. The molecule has 0 fully saturated rings. The van der Waals surface area contributed by atoms with E-state index in [2.05, 4.69) is 15.9 Å². The molecule has 0 unspecified atom stereocenters. The smallest absolute Gasteiger partial charge is 0.163 e. The molecule has 4 nitrogen and oxygen atoms in total. The van der Waals surface area contributed by atoms with Crippen molar-refractivity contribution >= 4 is 11.6 Å². The molecule has 1 aromatic carbocycles. The van der Waals surface area contributed by atoms with Gasteiger partial charge in [0.15, 0.2) is 5.82 Å². The fraction of sp³-hybridized carbons (Fsp3) is 0. The third-order valence-electron chi connectivity index (χ3n) is 2.05. The molecule has 0 spiro atoms. The van der Waals surface area contributed by atoms with Gasteiger partial charge >= 0.3 is 0 Å². The Kier molecular flexibility index (Phi) is 2.44. The van der Waals surface area contributed by atoms with Gasteiger partial charge in [-0.1, -0.05) is 18.1 Å². The van der Waals surface area contributed by atoms with Crippen molar-refractivity contribution in [3.8, 4) is 23.7 Å². The number of terminal acetylenes is 1. The second-order valence-corrected chi connectivity index (χ2v) is 3.27. The summed E-state index contributed by atoms with van der Waals surface area (Å²) in [5.74, 6) is 3.71. The quantitative estimate of drug-likeness (QED) is 0.695. The predicted octanol–water partition coefficient (Wildman–Crippen LogP) is 1.29. The summed E-state index contributed by atoms with van der Waals surface area (Å²) in [6, 6.07) is 8.85. The first kappa shape index (κ1) is 9.99. The Morgan fingerprint density at radius 3 is 2.38 bits per heavy atom. The first-order chi connectivity index (χ1) is 7.69. The Hall–Kier alpha value is -2.54. The molecular weight excluding hydrogens is 200 g/mol. The van der Waals surface area contributed by atoms with Gasteiger partial charge in [0.1, 0.15) is 11.6 Å². The molecule has 2 aromatic rings. The van der Waals surface area contributed by atoms with E-state index in [-0.39, 0.29) is 0 Å². The molecule has 0 saturated heterocycles. The number of hydrogen-bond acceptors (Lipinski definition) is 4. The monoisotopic (exact) mass is 210 g/mol. The third-order valence-corrected chi connectivity index (χ3v) is 2.05. The van der Waals surface area contributed by atoms with E-state index in [4.69, 9.17) is 17.9 Å². The predicted molar refractivity (Wildman–Crippen MR) is 64.2 cm³/mol. The lowest BCUT2D eigenvalue weighted by molar-refractivity contribution is 1.19. The summed E-state index contributed by atoms with van der Waals surface area (Å²) in [7, 11) is 0. The van der Waals surface area contributed by atoms with Crippen LogP contribution in [0.3, 0.4) is 0 Å². The molecule has 1 aromatic heterocycles. The fourth-order valence-corrected chi connectivity index (χ4v) is 1.36. The van der Waals surface area contributed by atoms with Gasteiger partial charge in [-0.25, -0.2) is 9.97 Å². The van der Waals surface area contributed by atoms with E-state index in [1.807, 2.05) is 24.3 Å². The second-order valence-electron chi connectivity index (χ2n) is 3.27. The van der Waals surface area contributed by atoms with Crippen LogP contribution in [0.15, 0.2) is 30.3 Å². The summed E-state index contributed by atoms with van der Waals surface area (Å²) in [5, 5.41) is 0. The molecule has 0 radical (unpaired) electrons. The highest BCUT2D eigenvalue weighted by atomic mass is 15.0. The Labute approximate surface area is 93.3 Å². The molecule has 0 aliphatic carbocycles. The normalized spacial score (nSPS) is 9.69. The van der Waals surface area contributed by atoms with Gasteiger partial charge < -0.3 is 11.5 Å². The van der Waals surface area contributed by atoms with Gasteiger partial charge in [0.25, 0.3) is 0 Å². The Morgan fingerprint density at radius 1 is 1.06 bits per heavy atom. The van der Waals surface area contributed by atoms with Gasteiger partial charge in [0.2, 0.25) is 0 Å². The zero-order valence-corrected chi connectivity index (χ0v) is 8.51. The number of nitrogens with zero attached hydrogens (tertiary/aromatic N) is 2. The molecule has 0 saturated carbocycles. The number of rotatable bonds is 1. The average Bonchev–Trinajstić information content (AvgIpc) is 2.28. The van der Waals surface area contributed by atoms with Crippen LogP contribution in [0.2, 0.25) is 0 Å². The van der Waals surface area contributed by atoms with Crippen LogP contribution in [0.4, 0.5) is 11.6 Å². The number of aromatic nitrogens is 2. The molecule has 4 heteroatoms. The van der Waals surface area contributed by atoms with E-state index in [1.165, 1.54) is 6.07 Å². The van der Waals surface area contributed by atoms with Crippen molar-refractivity contribution in [3.05, 3.63) is 35.9 Å². The first-order valence-corrected chi connectivity index (χ1v) is 4.66. The lowest BCUT2D eigenvalue weighted by Crippen LogP contribution is -2.00. The van der Waals surface area contributed by atoms with Crippen LogP contribution in [0.5, 0.6) is 0 Å². The minimum absolute atomic E-state index is 0.341. The second kappa shape index (κ2) is 3.91. The van der Waals surface area contributed by atoms with Crippen LogP contribution < -0.4 is 11.5 Å². The maximum Gasteiger partial charge on any atom is 0.163 e. The van der Waals surface area contributed by atoms with Crippen LogP contribution in [0, 0.1) is 12.3 Å². The Morgan fingerprint density at radius 2 is 1.75 bits per heavy atom. The summed E-state index contributed by atoms with van der Waals surface area (Å²) in [5.41, 5.74) is 12.8. The molecular formula is C12H10N4. The largest absolute Gasteiger partial charge is 0.384 e. The molecule has 78 valence electrons. The minimum atomic E-state index is 0.341. The SMILES string of the molecule is C#Cc1cccc(-c2nc(N)cc(N)n2)c1. The van der Waals surface area contributed by atoms with E-state index < -0.39 is 0 Å². The maximum atomic E-state index is 5.60. The standard InChI is InChI=1S/C12H10N4/c1-2-8-4-3-5-9(6-8)12-15-10(13)7-11(14)16-12/h1,3-7H,(H4,13,14,15,16). The number of nitrogen functional groups attached to an aromatic ring is 2. The van der Waals surface area contributed by atoms with Crippen LogP contribution in [0.1, 0.15) is 5.56 Å². The molecule has 0 bridgehead atoms. The van der Waals surface area contributed by atoms with Gasteiger partial charge in [-0.05, 0) is 12.1 Å². The number of hydrogen-bond donors (Lipinski definition) is 2. The van der Waals surface area contributed by atoms with Gasteiger partial charge in [-0.3, -0.25) is 0 Å². The third kappa shape index (κ3) is 1.93. The summed E-state index contributed by atoms with van der Waals surface area (Å²) in [6.07, 6.45) is 5.32. The van der Waals surface area contributed by atoms with Crippen molar-refractivity contribution in [3.63, 3.8) is 0 Å². The van der Waals surface area contributed by atoms with Crippen LogP contribution in [-0.2, 0) is 0 Å². The minimum Gasteiger partial charge on any atom is -0.384 e. The van der Waals surface area contributed by atoms with Gasteiger partial charge in [-0.15, -0.1) is 6.42 Å². The lowest BCUT2D eigenvalue weighted by atomic mass is 10.1. The molecule has 16 heavy (non-hydrogen) atoms. The maximum absolute atomic E-state index is 5.60. The zero-order valence-electron chi connectivity index (χ0n) is 8.51. The van der Waals surface area contributed by atoms with Crippen molar-refractivity contribution in [2.75, 3.05) is 11.5 Å². The lowest BCUT2D eigenvalue weighted by Gasteiger charge is -2.03. The molecule has 0 aliphatic rings. The Bertz CT molecular complexity index is 549. The molecule has 1 heterocycles. The van der Waals surface area contributed by atoms with Gasteiger partial charge in [0.05, 0.1) is 0 Å². The van der Waals surface area contributed by atoms with Crippen molar-refractivity contribution < 1.29 is 0 Å². The van der Waals surface area contributed by atoms with Crippen LogP contribution in [-0.4, -0.2) is 9.97 Å². The van der Waals surface area contributed by atoms with E-state index in [1.54, 1.807) is 0 Å². The van der Waals surface area contributed by atoms with Crippen molar-refractivity contribution in [1.29, 1.82) is 0 Å². The summed E-state index contributed by atoms with van der Waals surface area (Å²) in [4.78, 5) is 8.20. The molecule has 2 rings (SSSR count). The van der Waals surface area contributed by atoms with Crippen LogP contribution >= 0.6 is 0 Å². The summed E-state index contributed by atoms with van der Waals surface area (Å²) >= 11 is 0. The topological polar surface area (TPSA) is 77.8 Å². The number of anilines is 2. The number of nitrogens with two attached hydrogens (primary N) is 2. The molecule has 0 amide bonds. The van der Waals surface area contributed by atoms with Crippen LogP contribution in [0.25, 0.3) is 11.4 Å². The average molecular weight is 210 g/mol. The Balaban J connectivity index is 2.54. The molecule has 0 aliphatic heterocycles. The highest BCUT2D eigenvalue weighted by Gasteiger charge is 2.03. The molecule has 0 atom stereocenters. The number of benzene rings is 1. The van der Waals surface area contributed by atoms with E-state index in [9.17, 15) is 0 Å². The zero-order chi connectivity index (χ0) is 11.5. The van der Waals surface area contributed by atoms with E-state index in [0.717, 1.165) is 11.1 Å². The molecule has 4 N–H and O–H groups in total. The van der Waals surface area contributed by atoms with E-state index >= 15 is 0 Å². The summed E-state index contributed by atoms with van der Waals surface area (Å²) < 4.78 is 0. The summed E-state index contributed by atoms with van der Waals surface area (Å²) in [6.45, 7) is 0. The van der Waals surface area contributed by atoms with Gasteiger partial charge in [-0.2, -0.15) is 0 Å². The van der Waals surface area contributed by atoms with Crippen molar-refractivity contribution in [2.24, 2.45) is 0 Å².